The highest BCUT2D eigenvalue weighted by Crippen LogP contribution is 2.31. The van der Waals surface area contributed by atoms with Gasteiger partial charge in [0.05, 0.1) is 23.8 Å². The van der Waals surface area contributed by atoms with Crippen molar-refractivity contribution in [3.63, 3.8) is 0 Å². The van der Waals surface area contributed by atoms with Gasteiger partial charge in [0.25, 0.3) is 0 Å². The number of nitriles is 1. The highest BCUT2D eigenvalue weighted by atomic mass is 16.5. The van der Waals surface area contributed by atoms with E-state index in [1.165, 1.54) is 5.69 Å². The first kappa shape index (κ1) is 13.0. The number of benzene rings is 2. The Hall–Kier alpha value is -2.05. The summed E-state index contributed by atoms with van der Waals surface area (Å²) in [6.07, 6.45) is 0.460. The molecule has 1 aliphatic rings. The van der Waals surface area contributed by atoms with Gasteiger partial charge in [-0.1, -0.05) is 24.3 Å². The number of hydrogen-bond donors (Lipinski definition) is 0. The van der Waals surface area contributed by atoms with Crippen LogP contribution in [0.5, 0.6) is 0 Å². The maximum atomic E-state index is 9.24. The van der Waals surface area contributed by atoms with Crippen molar-refractivity contribution in [1.82, 2.24) is 0 Å². The normalized spacial score (nSPS) is 22.8. The van der Waals surface area contributed by atoms with Crippen molar-refractivity contribution in [1.29, 1.82) is 5.26 Å². The van der Waals surface area contributed by atoms with Crippen molar-refractivity contribution in [3.05, 3.63) is 42.0 Å². The molecule has 2 aromatic rings. The third kappa shape index (κ3) is 2.23. The summed E-state index contributed by atoms with van der Waals surface area (Å²) in [7, 11) is 0. The molecule has 0 bridgehead atoms. The highest BCUT2D eigenvalue weighted by Gasteiger charge is 2.23. The van der Waals surface area contributed by atoms with Crippen LogP contribution in [0.3, 0.4) is 0 Å². The van der Waals surface area contributed by atoms with Crippen LogP contribution in [-0.4, -0.2) is 25.3 Å². The van der Waals surface area contributed by atoms with E-state index in [0.29, 0.717) is 0 Å². The lowest BCUT2D eigenvalue weighted by molar-refractivity contribution is -0.00513. The molecule has 2 atom stereocenters. The molecule has 0 aliphatic carbocycles. The second-order valence-corrected chi connectivity index (χ2v) is 5.45. The van der Waals surface area contributed by atoms with Gasteiger partial charge in [0.15, 0.2) is 0 Å². The Labute approximate surface area is 119 Å². The average molecular weight is 266 g/mol. The van der Waals surface area contributed by atoms with Crippen molar-refractivity contribution in [2.75, 3.05) is 18.0 Å². The molecule has 1 aliphatic heterocycles. The van der Waals surface area contributed by atoms with Gasteiger partial charge in [-0.25, -0.2) is 0 Å². The molecule has 0 unspecified atom stereocenters. The smallest absolute Gasteiger partial charge is 0.0998 e. The first-order chi connectivity index (χ1) is 9.69. The Balaban J connectivity index is 2.11. The van der Waals surface area contributed by atoms with Crippen LogP contribution in [0.4, 0.5) is 5.69 Å². The average Bonchev–Trinajstić information content (AvgIpc) is 2.45. The molecule has 3 heteroatoms. The van der Waals surface area contributed by atoms with Gasteiger partial charge in [-0.05, 0) is 26.0 Å². The van der Waals surface area contributed by atoms with E-state index in [2.05, 4.69) is 36.9 Å². The highest BCUT2D eigenvalue weighted by molar-refractivity contribution is 5.97. The van der Waals surface area contributed by atoms with Gasteiger partial charge in [0.2, 0.25) is 0 Å². The molecule has 3 nitrogen and oxygen atoms in total. The van der Waals surface area contributed by atoms with E-state index in [9.17, 15) is 5.26 Å². The molecule has 102 valence electrons. The molecular formula is C17H18N2O. The van der Waals surface area contributed by atoms with Crippen LogP contribution in [0.1, 0.15) is 19.4 Å². The van der Waals surface area contributed by atoms with Crippen LogP contribution in [0.15, 0.2) is 36.4 Å². The molecule has 0 saturated carbocycles. The van der Waals surface area contributed by atoms with E-state index in [0.717, 1.165) is 29.4 Å². The van der Waals surface area contributed by atoms with Gasteiger partial charge in [-0.15, -0.1) is 0 Å². The molecule has 0 amide bonds. The maximum Gasteiger partial charge on any atom is 0.0998 e. The third-order valence-electron chi connectivity index (χ3n) is 3.78. The molecule has 3 rings (SSSR count). The van der Waals surface area contributed by atoms with Crippen molar-refractivity contribution >= 4 is 16.5 Å². The fraction of sp³-hybridized carbons (Fsp3) is 0.353. The third-order valence-corrected chi connectivity index (χ3v) is 3.78. The molecule has 1 fully saturated rings. The second kappa shape index (κ2) is 5.15. The molecule has 1 saturated heterocycles. The quantitative estimate of drug-likeness (QED) is 0.794. The Morgan fingerprint density at radius 2 is 1.70 bits per heavy atom. The molecule has 1 heterocycles. The van der Waals surface area contributed by atoms with E-state index in [1.807, 2.05) is 24.3 Å². The van der Waals surface area contributed by atoms with Crippen molar-refractivity contribution in [2.45, 2.75) is 26.1 Å². The Morgan fingerprint density at radius 1 is 1.05 bits per heavy atom. The monoisotopic (exact) mass is 266 g/mol. The summed E-state index contributed by atoms with van der Waals surface area (Å²) in [5.41, 5.74) is 1.93. The lowest BCUT2D eigenvalue weighted by Gasteiger charge is -2.37. The number of morpholine rings is 1. The minimum atomic E-state index is 0.230. The van der Waals surface area contributed by atoms with Gasteiger partial charge in [-0.3, -0.25) is 0 Å². The molecule has 0 spiro atoms. The molecule has 20 heavy (non-hydrogen) atoms. The Kier molecular flexibility index (Phi) is 3.33. The van der Waals surface area contributed by atoms with Crippen LogP contribution in [0, 0.1) is 11.3 Å². The van der Waals surface area contributed by atoms with Crippen LogP contribution in [-0.2, 0) is 4.74 Å². The number of hydrogen-bond acceptors (Lipinski definition) is 3. The lowest BCUT2D eigenvalue weighted by Crippen LogP contribution is -2.45. The first-order valence-corrected chi connectivity index (χ1v) is 7.01. The van der Waals surface area contributed by atoms with Crippen LogP contribution < -0.4 is 4.90 Å². The van der Waals surface area contributed by atoms with Crippen LogP contribution in [0.25, 0.3) is 10.8 Å². The van der Waals surface area contributed by atoms with Gasteiger partial charge in [0, 0.05) is 29.5 Å². The molecule has 0 N–H and O–H groups in total. The first-order valence-electron chi connectivity index (χ1n) is 7.01. The molecular weight excluding hydrogens is 248 g/mol. The van der Waals surface area contributed by atoms with Gasteiger partial charge in [-0.2, -0.15) is 5.26 Å². The summed E-state index contributed by atoms with van der Waals surface area (Å²) < 4.78 is 5.80. The summed E-state index contributed by atoms with van der Waals surface area (Å²) in [6.45, 7) is 5.99. The standard InChI is InChI=1S/C17H18N2O/c1-12-10-19(11-13(2)20-12)17-8-7-14(9-18)15-5-3-4-6-16(15)17/h3-8,12-13H,10-11H2,1-2H3/t12-,13+. The fourth-order valence-electron chi connectivity index (χ4n) is 3.03. The second-order valence-electron chi connectivity index (χ2n) is 5.45. The fourth-order valence-corrected chi connectivity index (χ4v) is 3.03. The maximum absolute atomic E-state index is 9.24. The van der Waals surface area contributed by atoms with Crippen molar-refractivity contribution in [2.24, 2.45) is 0 Å². The number of anilines is 1. The SMILES string of the molecule is C[C@@H]1CN(c2ccc(C#N)c3ccccc23)C[C@H](C)O1. The van der Waals surface area contributed by atoms with E-state index >= 15 is 0 Å². The lowest BCUT2D eigenvalue weighted by atomic mass is 10.0. The minimum Gasteiger partial charge on any atom is -0.372 e. The zero-order valence-electron chi connectivity index (χ0n) is 11.8. The largest absolute Gasteiger partial charge is 0.372 e. The summed E-state index contributed by atoms with van der Waals surface area (Å²) in [5, 5.41) is 11.4. The van der Waals surface area contributed by atoms with Crippen molar-refractivity contribution < 1.29 is 4.74 Å². The van der Waals surface area contributed by atoms with Gasteiger partial charge >= 0.3 is 0 Å². The van der Waals surface area contributed by atoms with Crippen LogP contribution in [0.2, 0.25) is 0 Å². The molecule has 0 aromatic heterocycles. The Morgan fingerprint density at radius 3 is 2.35 bits per heavy atom. The van der Waals surface area contributed by atoms with E-state index < -0.39 is 0 Å². The number of rotatable bonds is 1. The summed E-state index contributed by atoms with van der Waals surface area (Å²) in [4.78, 5) is 2.36. The molecule has 2 aromatic carbocycles. The number of fused-ring (bicyclic) bond motifs is 1. The van der Waals surface area contributed by atoms with Gasteiger partial charge in [0.1, 0.15) is 0 Å². The van der Waals surface area contributed by atoms with E-state index in [-0.39, 0.29) is 12.2 Å². The zero-order chi connectivity index (χ0) is 14.1. The van der Waals surface area contributed by atoms with E-state index in [4.69, 9.17) is 4.74 Å². The molecule has 0 radical (unpaired) electrons. The van der Waals surface area contributed by atoms with Crippen molar-refractivity contribution in [3.8, 4) is 6.07 Å². The number of nitrogens with zero attached hydrogens (tertiary/aromatic N) is 2. The predicted molar refractivity (Wildman–Crippen MR) is 80.9 cm³/mol. The number of ether oxygens (including phenoxy) is 1. The summed E-state index contributed by atoms with van der Waals surface area (Å²) in [6, 6.07) is 14.4. The van der Waals surface area contributed by atoms with Crippen LogP contribution >= 0.6 is 0 Å². The topological polar surface area (TPSA) is 36.3 Å². The predicted octanol–water partition coefficient (Wildman–Crippen LogP) is 3.33. The zero-order valence-corrected chi connectivity index (χ0v) is 11.8. The Bertz CT molecular complexity index is 664. The minimum absolute atomic E-state index is 0.230. The van der Waals surface area contributed by atoms with Gasteiger partial charge < -0.3 is 9.64 Å². The summed E-state index contributed by atoms with van der Waals surface area (Å²) in [5.74, 6) is 0. The summed E-state index contributed by atoms with van der Waals surface area (Å²) >= 11 is 0. The van der Waals surface area contributed by atoms with E-state index in [1.54, 1.807) is 0 Å².